The Bertz CT molecular complexity index is 1080. The van der Waals surface area contributed by atoms with Crippen molar-refractivity contribution in [3.05, 3.63) is 41.0 Å². The molecule has 2 amide bonds. The van der Waals surface area contributed by atoms with E-state index in [1.807, 2.05) is 17.9 Å². The van der Waals surface area contributed by atoms with Crippen LogP contribution in [0.15, 0.2) is 18.3 Å². The molecule has 5 heterocycles. The Hall–Kier alpha value is -3.03. The van der Waals surface area contributed by atoms with Crippen molar-refractivity contribution in [3.8, 4) is 0 Å². The Morgan fingerprint density at radius 3 is 2.70 bits per heavy atom. The molecule has 2 saturated heterocycles. The van der Waals surface area contributed by atoms with Crippen LogP contribution in [0.2, 0.25) is 0 Å². The fourth-order valence-corrected chi connectivity index (χ4v) is 5.21. The Morgan fingerprint density at radius 2 is 1.94 bits per heavy atom. The number of hydrogen-bond donors (Lipinski definition) is 0. The molecule has 5 rings (SSSR count). The molecule has 2 aromatic heterocycles. The molecule has 0 saturated carbocycles. The lowest BCUT2D eigenvalue weighted by molar-refractivity contribution is -0.117. The van der Waals surface area contributed by atoms with Crippen LogP contribution >= 0.6 is 0 Å². The first kappa shape index (κ1) is 21.8. The van der Waals surface area contributed by atoms with Gasteiger partial charge in [-0.05, 0) is 50.7 Å². The molecule has 0 N–H and O–H groups in total. The number of anilines is 2. The van der Waals surface area contributed by atoms with Crippen LogP contribution < -0.4 is 9.80 Å². The SMILES string of the molecule is Cc1nc([C@H]2CCCN2C(=O)c2ccnc(N3CCCC3)c2)nc2c1CC(=O)N2CC(C)C. The third kappa shape index (κ3) is 4.07. The van der Waals surface area contributed by atoms with E-state index in [0.717, 1.165) is 48.8 Å². The van der Waals surface area contributed by atoms with Crippen molar-refractivity contribution in [3.63, 3.8) is 0 Å². The van der Waals surface area contributed by atoms with Gasteiger partial charge >= 0.3 is 0 Å². The Kier molecular flexibility index (Phi) is 5.76. The van der Waals surface area contributed by atoms with E-state index in [9.17, 15) is 9.59 Å². The molecule has 1 atom stereocenters. The molecule has 0 unspecified atom stereocenters. The van der Waals surface area contributed by atoms with E-state index in [1.54, 1.807) is 17.2 Å². The largest absolute Gasteiger partial charge is 0.357 e. The third-order valence-electron chi connectivity index (χ3n) is 6.88. The predicted molar refractivity (Wildman–Crippen MR) is 126 cm³/mol. The topological polar surface area (TPSA) is 82.5 Å². The lowest BCUT2D eigenvalue weighted by atomic mass is 10.1. The highest BCUT2D eigenvalue weighted by atomic mass is 16.2. The number of hydrogen-bond acceptors (Lipinski definition) is 6. The van der Waals surface area contributed by atoms with E-state index in [4.69, 9.17) is 9.97 Å². The second-order valence-corrected chi connectivity index (χ2v) is 9.80. The minimum absolute atomic E-state index is 0.00258. The van der Waals surface area contributed by atoms with Gasteiger partial charge in [0.25, 0.3) is 5.91 Å². The maximum atomic E-state index is 13.5. The van der Waals surface area contributed by atoms with E-state index in [-0.39, 0.29) is 17.9 Å². The van der Waals surface area contributed by atoms with Crippen LogP contribution in [0.1, 0.15) is 73.0 Å². The van der Waals surface area contributed by atoms with Gasteiger partial charge < -0.3 is 9.80 Å². The fraction of sp³-hybridized carbons (Fsp3) is 0.560. The van der Waals surface area contributed by atoms with Crippen molar-refractivity contribution in [2.45, 2.75) is 58.9 Å². The molecule has 2 fully saturated rings. The van der Waals surface area contributed by atoms with Crippen molar-refractivity contribution < 1.29 is 9.59 Å². The number of amides is 2. The van der Waals surface area contributed by atoms with Gasteiger partial charge in [0.1, 0.15) is 11.6 Å². The van der Waals surface area contributed by atoms with Crippen LogP contribution in [-0.2, 0) is 11.2 Å². The maximum absolute atomic E-state index is 13.5. The monoisotopic (exact) mass is 448 g/mol. The van der Waals surface area contributed by atoms with Gasteiger partial charge in [0.2, 0.25) is 5.91 Å². The molecule has 0 aromatic carbocycles. The molecule has 2 aromatic rings. The zero-order chi connectivity index (χ0) is 23.1. The number of carbonyl (C=O) groups is 2. The van der Waals surface area contributed by atoms with E-state index in [0.29, 0.717) is 36.8 Å². The summed E-state index contributed by atoms with van der Waals surface area (Å²) in [7, 11) is 0. The summed E-state index contributed by atoms with van der Waals surface area (Å²) < 4.78 is 0. The summed E-state index contributed by atoms with van der Waals surface area (Å²) in [5.41, 5.74) is 2.42. The molecule has 174 valence electrons. The molecular formula is C25H32N6O2. The van der Waals surface area contributed by atoms with Gasteiger partial charge in [-0.25, -0.2) is 15.0 Å². The predicted octanol–water partition coefficient (Wildman–Crippen LogP) is 3.30. The first-order valence-corrected chi connectivity index (χ1v) is 12.1. The van der Waals surface area contributed by atoms with Crippen LogP contribution in [0, 0.1) is 12.8 Å². The second kappa shape index (κ2) is 8.72. The van der Waals surface area contributed by atoms with Crippen LogP contribution in [0.5, 0.6) is 0 Å². The molecule has 8 nitrogen and oxygen atoms in total. The molecule has 0 bridgehead atoms. The number of aromatic nitrogens is 3. The molecule has 3 aliphatic heterocycles. The average Bonchev–Trinajstić information content (AvgIpc) is 3.55. The van der Waals surface area contributed by atoms with Gasteiger partial charge in [-0.2, -0.15) is 0 Å². The zero-order valence-corrected chi connectivity index (χ0v) is 19.8. The van der Waals surface area contributed by atoms with Crippen molar-refractivity contribution in [1.29, 1.82) is 0 Å². The molecule has 0 aliphatic carbocycles. The van der Waals surface area contributed by atoms with E-state index in [2.05, 4.69) is 23.7 Å². The minimum atomic E-state index is -0.179. The Morgan fingerprint density at radius 1 is 1.15 bits per heavy atom. The summed E-state index contributed by atoms with van der Waals surface area (Å²) in [6, 6.07) is 3.54. The number of likely N-dealkylation sites (tertiary alicyclic amines) is 1. The van der Waals surface area contributed by atoms with Crippen molar-refractivity contribution in [2.24, 2.45) is 5.92 Å². The van der Waals surface area contributed by atoms with Crippen LogP contribution in [0.4, 0.5) is 11.6 Å². The number of aryl methyl sites for hydroxylation is 1. The van der Waals surface area contributed by atoms with Crippen molar-refractivity contribution in [2.75, 3.05) is 36.0 Å². The van der Waals surface area contributed by atoms with Crippen molar-refractivity contribution >= 4 is 23.5 Å². The molecule has 0 radical (unpaired) electrons. The summed E-state index contributed by atoms with van der Waals surface area (Å²) in [5, 5.41) is 0. The second-order valence-electron chi connectivity index (χ2n) is 9.80. The van der Waals surface area contributed by atoms with Gasteiger partial charge in [-0.15, -0.1) is 0 Å². The van der Waals surface area contributed by atoms with Gasteiger partial charge in [0.15, 0.2) is 5.82 Å². The molecule has 0 spiro atoms. The highest BCUT2D eigenvalue weighted by Crippen LogP contribution is 2.36. The highest BCUT2D eigenvalue weighted by molar-refractivity contribution is 6.00. The van der Waals surface area contributed by atoms with Crippen LogP contribution in [-0.4, -0.2) is 57.8 Å². The number of carbonyl (C=O) groups excluding carboxylic acids is 2. The first-order chi connectivity index (χ1) is 15.9. The fourth-order valence-electron chi connectivity index (χ4n) is 5.21. The summed E-state index contributed by atoms with van der Waals surface area (Å²) in [5.74, 6) is 2.68. The lowest BCUT2D eigenvalue weighted by Gasteiger charge is -2.26. The Balaban J connectivity index is 1.43. The van der Waals surface area contributed by atoms with Gasteiger partial charge in [0.05, 0.1) is 12.5 Å². The van der Waals surface area contributed by atoms with Gasteiger partial charge in [-0.1, -0.05) is 13.8 Å². The smallest absolute Gasteiger partial charge is 0.254 e. The quantitative estimate of drug-likeness (QED) is 0.698. The molecule has 33 heavy (non-hydrogen) atoms. The van der Waals surface area contributed by atoms with Crippen molar-refractivity contribution in [1.82, 2.24) is 19.9 Å². The average molecular weight is 449 g/mol. The molecule has 8 heteroatoms. The summed E-state index contributed by atoms with van der Waals surface area (Å²) in [6.07, 6.45) is 6.16. The van der Waals surface area contributed by atoms with Crippen LogP contribution in [0.25, 0.3) is 0 Å². The minimum Gasteiger partial charge on any atom is -0.357 e. The zero-order valence-electron chi connectivity index (χ0n) is 19.8. The summed E-state index contributed by atoms with van der Waals surface area (Å²) in [4.78, 5) is 46.2. The van der Waals surface area contributed by atoms with E-state index >= 15 is 0 Å². The van der Waals surface area contributed by atoms with Crippen LogP contribution in [0.3, 0.4) is 0 Å². The Labute approximate surface area is 195 Å². The maximum Gasteiger partial charge on any atom is 0.254 e. The summed E-state index contributed by atoms with van der Waals surface area (Å²) >= 11 is 0. The third-order valence-corrected chi connectivity index (χ3v) is 6.88. The summed E-state index contributed by atoms with van der Waals surface area (Å²) in [6.45, 7) is 9.45. The van der Waals surface area contributed by atoms with Gasteiger partial charge in [-0.3, -0.25) is 14.5 Å². The standard InChI is InChI=1S/C25H32N6O2/c1-16(2)15-31-22(32)14-19-17(3)27-23(28-24(19)31)20-7-6-12-30(20)25(33)18-8-9-26-21(13-18)29-10-4-5-11-29/h8-9,13,16,20H,4-7,10-12,14-15H2,1-3H3/t20-/m1/s1. The molecule has 3 aliphatic rings. The molecular weight excluding hydrogens is 416 g/mol. The number of fused-ring (bicyclic) bond motifs is 1. The first-order valence-electron chi connectivity index (χ1n) is 12.1. The number of pyridine rings is 1. The number of rotatable bonds is 5. The van der Waals surface area contributed by atoms with E-state index in [1.165, 1.54) is 12.8 Å². The van der Waals surface area contributed by atoms with E-state index < -0.39 is 0 Å². The highest BCUT2D eigenvalue weighted by Gasteiger charge is 2.37. The lowest BCUT2D eigenvalue weighted by Crippen LogP contribution is -2.33. The normalized spacial score (nSPS) is 20.3. The number of nitrogens with zero attached hydrogens (tertiary/aromatic N) is 6. The van der Waals surface area contributed by atoms with Gasteiger partial charge in [0, 0.05) is 49.2 Å².